The third kappa shape index (κ3) is 4.62. The normalized spacial score (nSPS) is 10.7. The maximum atomic E-state index is 12.6. The van der Waals surface area contributed by atoms with Crippen LogP contribution in [0, 0.1) is 6.92 Å². The van der Waals surface area contributed by atoms with Gasteiger partial charge in [-0.2, -0.15) is 0 Å². The van der Waals surface area contributed by atoms with Crippen molar-refractivity contribution in [3.05, 3.63) is 51.3 Å². The zero-order chi connectivity index (χ0) is 21.0. The van der Waals surface area contributed by atoms with Gasteiger partial charge in [0.1, 0.15) is 12.3 Å². The number of anilines is 1. The summed E-state index contributed by atoms with van der Waals surface area (Å²) >= 11 is 1.20. The third-order valence-electron chi connectivity index (χ3n) is 4.25. The van der Waals surface area contributed by atoms with Crippen molar-refractivity contribution in [3.8, 4) is 5.75 Å². The highest BCUT2D eigenvalue weighted by Gasteiger charge is 2.15. The van der Waals surface area contributed by atoms with Gasteiger partial charge in [0.25, 0.3) is 5.56 Å². The zero-order valence-corrected chi connectivity index (χ0v) is 17.2. The molecule has 2 heterocycles. The van der Waals surface area contributed by atoms with Crippen molar-refractivity contribution < 1.29 is 19.1 Å². The molecule has 0 aliphatic carbocycles. The van der Waals surface area contributed by atoms with E-state index in [9.17, 15) is 14.4 Å². The number of rotatable bonds is 7. The standard InChI is InChI=1S/C20H21N3O5S/c1-4-28-18(26)9-13-11-29-20(21-13)22-16(24)10-23-17(25)8-12(2)14-6-5-7-15(27-3)19(14)23/h5-8,11H,4,9-10H2,1-3H3,(H,21,22,24). The van der Waals surface area contributed by atoms with Crippen molar-refractivity contribution in [1.29, 1.82) is 0 Å². The minimum atomic E-state index is -0.403. The Hall–Kier alpha value is -3.20. The second-order valence-corrected chi connectivity index (χ2v) is 7.14. The minimum Gasteiger partial charge on any atom is -0.495 e. The summed E-state index contributed by atoms with van der Waals surface area (Å²) in [5, 5.41) is 5.55. The fourth-order valence-electron chi connectivity index (χ4n) is 3.00. The predicted molar refractivity (Wildman–Crippen MR) is 111 cm³/mol. The molecule has 0 spiro atoms. The Morgan fingerprint density at radius 1 is 1.31 bits per heavy atom. The molecule has 2 aromatic heterocycles. The average molecular weight is 415 g/mol. The van der Waals surface area contributed by atoms with E-state index in [4.69, 9.17) is 9.47 Å². The second-order valence-electron chi connectivity index (χ2n) is 6.28. The van der Waals surface area contributed by atoms with Gasteiger partial charge in [-0.25, -0.2) is 4.98 Å². The molecule has 0 unspecified atom stereocenters. The van der Waals surface area contributed by atoms with Crippen molar-refractivity contribution >= 4 is 39.2 Å². The molecule has 152 valence electrons. The highest BCUT2D eigenvalue weighted by atomic mass is 32.1. The first-order valence-corrected chi connectivity index (χ1v) is 9.88. The number of hydrogen-bond donors (Lipinski definition) is 1. The summed E-state index contributed by atoms with van der Waals surface area (Å²) in [5.74, 6) is -0.261. The van der Waals surface area contributed by atoms with Crippen molar-refractivity contribution in [1.82, 2.24) is 9.55 Å². The summed E-state index contributed by atoms with van der Waals surface area (Å²) in [6.45, 7) is 3.68. The molecule has 1 N–H and O–H groups in total. The number of carbonyl (C=O) groups excluding carboxylic acids is 2. The molecule has 1 amide bonds. The number of methoxy groups -OCH3 is 1. The summed E-state index contributed by atoms with van der Waals surface area (Å²) in [4.78, 5) is 40.9. The highest BCUT2D eigenvalue weighted by molar-refractivity contribution is 7.13. The van der Waals surface area contributed by atoms with Crippen molar-refractivity contribution in [2.75, 3.05) is 19.0 Å². The van der Waals surface area contributed by atoms with Crippen LogP contribution in [0.1, 0.15) is 18.2 Å². The van der Waals surface area contributed by atoms with Gasteiger partial charge in [-0.3, -0.25) is 19.0 Å². The molecule has 0 atom stereocenters. The minimum absolute atomic E-state index is 0.0411. The van der Waals surface area contributed by atoms with Crippen LogP contribution in [-0.2, 0) is 27.3 Å². The van der Waals surface area contributed by atoms with Gasteiger partial charge in [0.15, 0.2) is 5.13 Å². The van der Waals surface area contributed by atoms with E-state index in [1.54, 1.807) is 18.4 Å². The number of aromatic nitrogens is 2. The first kappa shape index (κ1) is 20.5. The Morgan fingerprint density at radius 2 is 2.10 bits per heavy atom. The molecule has 0 radical (unpaired) electrons. The van der Waals surface area contributed by atoms with Gasteiger partial charge in [-0.1, -0.05) is 12.1 Å². The van der Waals surface area contributed by atoms with E-state index < -0.39 is 5.91 Å². The smallest absolute Gasteiger partial charge is 0.311 e. The van der Waals surface area contributed by atoms with Crippen LogP contribution in [0.5, 0.6) is 5.75 Å². The molecule has 0 saturated heterocycles. The number of pyridine rings is 1. The molecule has 1 aromatic carbocycles. The summed E-state index contributed by atoms with van der Waals surface area (Å²) < 4.78 is 11.7. The second kappa shape index (κ2) is 8.87. The van der Waals surface area contributed by atoms with E-state index in [-0.39, 0.29) is 24.5 Å². The van der Waals surface area contributed by atoms with Gasteiger partial charge < -0.3 is 14.8 Å². The number of thiazole rings is 1. The third-order valence-corrected chi connectivity index (χ3v) is 5.06. The topological polar surface area (TPSA) is 99.5 Å². The SMILES string of the molecule is CCOC(=O)Cc1csc(NC(=O)Cn2c(=O)cc(C)c3cccc(OC)c32)n1. The number of nitrogens with zero attached hydrogens (tertiary/aromatic N) is 2. The zero-order valence-electron chi connectivity index (χ0n) is 16.4. The Kier molecular flexibility index (Phi) is 6.28. The number of fused-ring (bicyclic) bond motifs is 1. The lowest BCUT2D eigenvalue weighted by atomic mass is 10.1. The maximum absolute atomic E-state index is 12.6. The van der Waals surface area contributed by atoms with Crippen LogP contribution >= 0.6 is 11.3 Å². The van der Waals surface area contributed by atoms with Gasteiger partial charge in [0, 0.05) is 16.8 Å². The number of para-hydroxylation sites is 1. The van der Waals surface area contributed by atoms with Gasteiger partial charge in [-0.15, -0.1) is 11.3 Å². The van der Waals surface area contributed by atoms with Crippen molar-refractivity contribution in [3.63, 3.8) is 0 Å². The lowest BCUT2D eigenvalue weighted by Crippen LogP contribution is -2.28. The molecule has 0 aliphatic rings. The van der Waals surface area contributed by atoms with E-state index in [1.807, 2.05) is 19.1 Å². The first-order chi connectivity index (χ1) is 13.9. The summed E-state index contributed by atoms with van der Waals surface area (Å²) in [6, 6.07) is 6.96. The summed E-state index contributed by atoms with van der Waals surface area (Å²) in [6.07, 6.45) is 0.0411. The van der Waals surface area contributed by atoms with Gasteiger partial charge >= 0.3 is 5.97 Å². The molecule has 0 saturated carbocycles. The monoisotopic (exact) mass is 415 g/mol. The lowest BCUT2D eigenvalue weighted by molar-refractivity contribution is -0.142. The van der Waals surface area contributed by atoms with E-state index >= 15 is 0 Å². The number of ether oxygens (including phenoxy) is 2. The fraction of sp³-hybridized carbons (Fsp3) is 0.300. The Labute approximate surface area is 171 Å². The van der Waals surface area contributed by atoms with E-state index in [1.165, 1.54) is 29.1 Å². The van der Waals surface area contributed by atoms with Crippen LogP contribution in [0.15, 0.2) is 34.4 Å². The van der Waals surface area contributed by atoms with Crippen LogP contribution in [0.3, 0.4) is 0 Å². The number of hydrogen-bond acceptors (Lipinski definition) is 7. The van der Waals surface area contributed by atoms with Crippen LogP contribution in [0.25, 0.3) is 10.9 Å². The van der Waals surface area contributed by atoms with Crippen molar-refractivity contribution in [2.45, 2.75) is 26.8 Å². The summed E-state index contributed by atoms with van der Waals surface area (Å²) in [7, 11) is 1.52. The van der Waals surface area contributed by atoms with Crippen LogP contribution < -0.4 is 15.6 Å². The molecule has 9 heteroatoms. The van der Waals surface area contributed by atoms with E-state index in [0.29, 0.717) is 28.7 Å². The Morgan fingerprint density at radius 3 is 2.83 bits per heavy atom. The molecule has 8 nitrogen and oxygen atoms in total. The molecule has 0 fully saturated rings. The number of benzene rings is 1. The molecule has 3 aromatic rings. The number of carbonyl (C=O) groups is 2. The number of aryl methyl sites for hydroxylation is 1. The van der Waals surface area contributed by atoms with Gasteiger partial charge in [0.2, 0.25) is 5.91 Å². The number of nitrogens with one attached hydrogen (secondary N) is 1. The Bertz CT molecular complexity index is 1120. The highest BCUT2D eigenvalue weighted by Crippen LogP contribution is 2.26. The molecule has 0 bridgehead atoms. The lowest BCUT2D eigenvalue weighted by Gasteiger charge is -2.14. The number of esters is 1. The van der Waals surface area contributed by atoms with Gasteiger partial charge in [-0.05, 0) is 25.5 Å². The van der Waals surface area contributed by atoms with Crippen LogP contribution in [0.2, 0.25) is 0 Å². The molecular formula is C20H21N3O5S. The Balaban J connectivity index is 1.81. The molecule has 0 aliphatic heterocycles. The van der Waals surface area contributed by atoms with E-state index in [2.05, 4.69) is 10.3 Å². The molecule has 29 heavy (non-hydrogen) atoms. The molecular weight excluding hydrogens is 394 g/mol. The van der Waals surface area contributed by atoms with Crippen LogP contribution in [0.4, 0.5) is 5.13 Å². The first-order valence-electron chi connectivity index (χ1n) is 9.00. The maximum Gasteiger partial charge on any atom is 0.311 e. The van der Waals surface area contributed by atoms with Crippen LogP contribution in [-0.4, -0.2) is 35.1 Å². The fourth-order valence-corrected chi connectivity index (χ4v) is 3.73. The average Bonchev–Trinajstić information content (AvgIpc) is 3.11. The molecule has 3 rings (SSSR count). The van der Waals surface area contributed by atoms with E-state index in [0.717, 1.165) is 10.9 Å². The largest absolute Gasteiger partial charge is 0.495 e. The predicted octanol–water partition coefficient (Wildman–Crippen LogP) is 2.52. The van der Waals surface area contributed by atoms with Crippen molar-refractivity contribution in [2.24, 2.45) is 0 Å². The quantitative estimate of drug-likeness (QED) is 0.595. The summed E-state index contributed by atoms with van der Waals surface area (Å²) in [5.41, 5.74) is 1.60. The number of amides is 1. The van der Waals surface area contributed by atoms with Gasteiger partial charge in [0.05, 0.1) is 31.3 Å².